The molecule has 1 aliphatic heterocycles. The topological polar surface area (TPSA) is 62.3 Å². The van der Waals surface area contributed by atoms with Crippen LogP contribution in [0.4, 0.5) is 11.8 Å². The van der Waals surface area contributed by atoms with Gasteiger partial charge in [-0.15, -0.1) is 0 Å². The normalized spacial score (nSPS) is 16.1. The Kier molecular flexibility index (Phi) is 6.49. The Labute approximate surface area is 128 Å². The number of nitrogens with zero attached hydrogens (tertiary/aromatic N) is 3. The second-order valence-electron chi connectivity index (χ2n) is 4.70. The van der Waals surface area contributed by atoms with Gasteiger partial charge in [-0.1, -0.05) is 6.92 Å². The molecule has 0 aromatic carbocycles. The molecular formula is C13H22BrN5O. The Morgan fingerprint density at radius 2 is 2.10 bits per heavy atom. The van der Waals surface area contributed by atoms with Gasteiger partial charge in [0.1, 0.15) is 5.82 Å². The van der Waals surface area contributed by atoms with E-state index in [1.54, 1.807) is 6.20 Å². The summed E-state index contributed by atoms with van der Waals surface area (Å²) in [7, 11) is 0. The van der Waals surface area contributed by atoms with E-state index in [9.17, 15) is 0 Å². The number of morpholine rings is 1. The zero-order chi connectivity index (χ0) is 14.2. The Bertz CT molecular complexity index is 412. The zero-order valence-electron chi connectivity index (χ0n) is 11.9. The molecule has 2 rings (SSSR count). The van der Waals surface area contributed by atoms with Gasteiger partial charge in [0.05, 0.1) is 17.7 Å². The maximum absolute atomic E-state index is 5.34. The number of halogens is 1. The Hall–Kier alpha value is -0.920. The number of rotatable bonds is 7. The van der Waals surface area contributed by atoms with E-state index >= 15 is 0 Å². The van der Waals surface area contributed by atoms with Crippen LogP contribution in [-0.4, -0.2) is 60.8 Å². The van der Waals surface area contributed by atoms with E-state index in [-0.39, 0.29) is 0 Å². The van der Waals surface area contributed by atoms with Crippen molar-refractivity contribution in [2.75, 3.05) is 56.6 Å². The summed E-state index contributed by atoms with van der Waals surface area (Å²) in [4.78, 5) is 11.1. The molecule has 1 fully saturated rings. The van der Waals surface area contributed by atoms with Crippen LogP contribution in [0.1, 0.15) is 13.3 Å². The molecule has 1 saturated heterocycles. The van der Waals surface area contributed by atoms with E-state index in [1.165, 1.54) is 0 Å². The highest BCUT2D eigenvalue weighted by Crippen LogP contribution is 2.19. The molecular weight excluding hydrogens is 322 g/mol. The molecule has 7 heteroatoms. The van der Waals surface area contributed by atoms with Crippen molar-refractivity contribution < 1.29 is 4.74 Å². The lowest BCUT2D eigenvalue weighted by atomic mass is 10.4. The highest BCUT2D eigenvalue weighted by atomic mass is 79.9. The summed E-state index contributed by atoms with van der Waals surface area (Å²) >= 11 is 3.48. The van der Waals surface area contributed by atoms with Crippen molar-refractivity contribution >= 4 is 27.7 Å². The Morgan fingerprint density at radius 3 is 2.85 bits per heavy atom. The van der Waals surface area contributed by atoms with Crippen LogP contribution in [-0.2, 0) is 4.74 Å². The third-order valence-electron chi connectivity index (χ3n) is 3.10. The van der Waals surface area contributed by atoms with E-state index in [4.69, 9.17) is 4.74 Å². The average molecular weight is 344 g/mol. The smallest absolute Gasteiger partial charge is 0.224 e. The molecule has 0 spiro atoms. The van der Waals surface area contributed by atoms with Gasteiger partial charge in [-0.25, -0.2) is 4.98 Å². The lowest BCUT2D eigenvalue weighted by Gasteiger charge is -2.26. The zero-order valence-corrected chi connectivity index (χ0v) is 13.4. The third-order valence-corrected chi connectivity index (χ3v) is 3.68. The summed E-state index contributed by atoms with van der Waals surface area (Å²) < 4.78 is 6.23. The average Bonchev–Trinajstić information content (AvgIpc) is 2.49. The predicted molar refractivity (Wildman–Crippen MR) is 84.3 cm³/mol. The molecule has 1 aromatic rings. The van der Waals surface area contributed by atoms with Crippen LogP contribution in [0.25, 0.3) is 0 Å². The molecule has 112 valence electrons. The van der Waals surface area contributed by atoms with E-state index in [2.05, 4.69) is 48.4 Å². The highest BCUT2D eigenvalue weighted by molar-refractivity contribution is 9.10. The fourth-order valence-corrected chi connectivity index (χ4v) is 2.30. The minimum absolute atomic E-state index is 0.670. The SMILES string of the molecule is CCCNc1ncc(Br)c(NCCN2CCOCC2)n1. The molecule has 2 heterocycles. The van der Waals surface area contributed by atoms with Gasteiger partial charge in [0.25, 0.3) is 0 Å². The van der Waals surface area contributed by atoms with Crippen LogP contribution in [0.15, 0.2) is 10.7 Å². The predicted octanol–water partition coefficient (Wildman–Crippen LogP) is 1.81. The molecule has 0 aliphatic carbocycles. The van der Waals surface area contributed by atoms with Crippen molar-refractivity contribution in [3.8, 4) is 0 Å². The summed E-state index contributed by atoms with van der Waals surface area (Å²) in [5.74, 6) is 1.51. The molecule has 20 heavy (non-hydrogen) atoms. The van der Waals surface area contributed by atoms with Gasteiger partial charge in [-0.2, -0.15) is 4.98 Å². The maximum Gasteiger partial charge on any atom is 0.224 e. The van der Waals surface area contributed by atoms with Gasteiger partial charge in [-0.3, -0.25) is 4.90 Å². The van der Waals surface area contributed by atoms with Crippen LogP contribution in [0.3, 0.4) is 0 Å². The second-order valence-corrected chi connectivity index (χ2v) is 5.55. The molecule has 6 nitrogen and oxygen atoms in total. The van der Waals surface area contributed by atoms with Crippen LogP contribution in [0.5, 0.6) is 0 Å². The first kappa shape index (κ1) is 15.5. The summed E-state index contributed by atoms with van der Waals surface area (Å²) in [5, 5.41) is 6.55. The van der Waals surface area contributed by atoms with Crippen LogP contribution in [0, 0.1) is 0 Å². The first-order valence-electron chi connectivity index (χ1n) is 7.10. The summed E-state index contributed by atoms with van der Waals surface area (Å²) in [6, 6.07) is 0. The fraction of sp³-hybridized carbons (Fsp3) is 0.692. The molecule has 0 bridgehead atoms. The van der Waals surface area contributed by atoms with Gasteiger partial charge in [0.2, 0.25) is 5.95 Å². The van der Waals surface area contributed by atoms with Gasteiger partial charge in [-0.05, 0) is 22.4 Å². The van der Waals surface area contributed by atoms with Crippen molar-refractivity contribution in [2.24, 2.45) is 0 Å². The molecule has 0 unspecified atom stereocenters. The second kappa shape index (κ2) is 8.39. The molecule has 0 radical (unpaired) electrons. The van der Waals surface area contributed by atoms with E-state index < -0.39 is 0 Å². The number of anilines is 2. The number of nitrogens with one attached hydrogen (secondary N) is 2. The van der Waals surface area contributed by atoms with Crippen molar-refractivity contribution in [1.29, 1.82) is 0 Å². The standard InChI is InChI=1S/C13H22BrN5O/c1-2-3-16-13-17-10-11(14)12(18-13)15-4-5-19-6-8-20-9-7-19/h10H,2-9H2,1H3,(H2,15,16,17,18). The monoisotopic (exact) mass is 343 g/mol. The van der Waals surface area contributed by atoms with E-state index in [0.717, 1.165) is 62.6 Å². The fourth-order valence-electron chi connectivity index (χ4n) is 1.97. The lowest BCUT2D eigenvalue weighted by molar-refractivity contribution is 0.0398. The van der Waals surface area contributed by atoms with Crippen molar-refractivity contribution in [3.63, 3.8) is 0 Å². The van der Waals surface area contributed by atoms with Crippen LogP contribution in [0.2, 0.25) is 0 Å². The lowest BCUT2D eigenvalue weighted by Crippen LogP contribution is -2.39. The molecule has 0 atom stereocenters. The Morgan fingerprint density at radius 1 is 1.30 bits per heavy atom. The number of hydrogen-bond donors (Lipinski definition) is 2. The van der Waals surface area contributed by atoms with Gasteiger partial charge in [0.15, 0.2) is 0 Å². The molecule has 0 amide bonds. The number of ether oxygens (including phenoxy) is 1. The quantitative estimate of drug-likeness (QED) is 0.787. The summed E-state index contributed by atoms with van der Waals surface area (Å²) in [6.45, 7) is 8.55. The van der Waals surface area contributed by atoms with Crippen LogP contribution < -0.4 is 10.6 Å². The van der Waals surface area contributed by atoms with Crippen LogP contribution >= 0.6 is 15.9 Å². The first-order chi connectivity index (χ1) is 9.79. The number of aromatic nitrogens is 2. The van der Waals surface area contributed by atoms with Crippen molar-refractivity contribution in [2.45, 2.75) is 13.3 Å². The largest absolute Gasteiger partial charge is 0.379 e. The molecule has 2 N–H and O–H groups in total. The van der Waals surface area contributed by atoms with Gasteiger partial charge >= 0.3 is 0 Å². The maximum atomic E-state index is 5.34. The van der Waals surface area contributed by atoms with Gasteiger partial charge < -0.3 is 15.4 Å². The van der Waals surface area contributed by atoms with Gasteiger partial charge in [0, 0.05) is 38.9 Å². The molecule has 0 saturated carbocycles. The highest BCUT2D eigenvalue weighted by Gasteiger charge is 2.10. The number of hydrogen-bond acceptors (Lipinski definition) is 6. The third kappa shape index (κ3) is 4.88. The minimum atomic E-state index is 0.670. The van der Waals surface area contributed by atoms with Crippen molar-refractivity contribution in [3.05, 3.63) is 10.7 Å². The minimum Gasteiger partial charge on any atom is -0.379 e. The molecule has 1 aromatic heterocycles. The molecule has 1 aliphatic rings. The first-order valence-corrected chi connectivity index (χ1v) is 7.89. The van der Waals surface area contributed by atoms with E-state index in [1.807, 2.05) is 0 Å². The van der Waals surface area contributed by atoms with Crippen molar-refractivity contribution in [1.82, 2.24) is 14.9 Å². The van der Waals surface area contributed by atoms with E-state index in [0.29, 0.717) is 5.95 Å². The summed E-state index contributed by atoms with van der Waals surface area (Å²) in [6.07, 6.45) is 2.83. The Balaban J connectivity index is 1.81. The summed E-state index contributed by atoms with van der Waals surface area (Å²) in [5.41, 5.74) is 0.